The highest BCUT2D eigenvalue weighted by molar-refractivity contribution is 9.10. The molecule has 2 N–H and O–H groups in total. The molecule has 0 radical (unpaired) electrons. The van der Waals surface area contributed by atoms with Crippen molar-refractivity contribution in [1.82, 2.24) is 5.32 Å². The summed E-state index contributed by atoms with van der Waals surface area (Å²) in [6.07, 6.45) is 0.894. The summed E-state index contributed by atoms with van der Waals surface area (Å²) in [4.78, 5) is 19.4. The van der Waals surface area contributed by atoms with Crippen LogP contribution in [0, 0.1) is 0 Å². The number of nitrogens with zero attached hydrogens (tertiary/aromatic N) is 1. The molecule has 0 fully saturated rings. The topological polar surface area (TPSA) is 89.4 Å². The van der Waals surface area contributed by atoms with Crippen molar-refractivity contribution in [3.05, 3.63) is 130 Å². The summed E-state index contributed by atoms with van der Waals surface area (Å²) in [5, 5.41) is 12.2. The number of aliphatic hydroxyl groups is 1. The van der Waals surface area contributed by atoms with Crippen LogP contribution < -0.4 is 14.8 Å². The van der Waals surface area contributed by atoms with Crippen molar-refractivity contribution in [2.24, 2.45) is 4.99 Å². The number of carbonyl (C=O) groups excluding carboxylic acids is 1. The van der Waals surface area contributed by atoms with Gasteiger partial charge in [-0.2, -0.15) is 0 Å². The van der Waals surface area contributed by atoms with E-state index in [9.17, 15) is 4.79 Å². The molecule has 0 aliphatic carbocycles. The molecule has 4 aromatic carbocycles. The molecule has 1 amide bonds. The number of aliphatic hydroxyl groups excluding tert-OH is 1. The van der Waals surface area contributed by atoms with E-state index < -0.39 is 11.6 Å². The van der Waals surface area contributed by atoms with Gasteiger partial charge < -0.3 is 24.6 Å². The number of hydrogen-bond donors (Lipinski definition) is 2. The smallest absolute Gasteiger partial charge is 0.252 e. The number of methoxy groups -OCH3 is 1. The second-order valence-corrected chi connectivity index (χ2v) is 11.3. The predicted octanol–water partition coefficient (Wildman–Crippen LogP) is 6.08. The molecule has 7 nitrogen and oxygen atoms in total. The summed E-state index contributed by atoms with van der Waals surface area (Å²) in [7, 11) is 1.64. The molecule has 5 rings (SSSR count). The first-order valence-corrected chi connectivity index (χ1v) is 15.1. The Bertz CT molecular complexity index is 1530. The van der Waals surface area contributed by atoms with Crippen LogP contribution in [-0.2, 0) is 22.4 Å². The molecular formula is C35H35BrN2O5. The van der Waals surface area contributed by atoms with Crippen LogP contribution in [0.1, 0.15) is 34.8 Å². The Morgan fingerprint density at radius 3 is 2.44 bits per heavy atom. The van der Waals surface area contributed by atoms with E-state index in [-0.39, 0.29) is 12.5 Å². The van der Waals surface area contributed by atoms with Crippen LogP contribution >= 0.6 is 15.9 Å². The van der Waals surface area contributed by atoms with Gasteiger partial charge in [-0.3, -0.25) is 4.79 Å². The van der Waals surface area contributed by atoms with Crippen molar-refractivity contribution in [3.63, 3.8) is 0 Å². The van der Waals surface area contributed by atoms with Crippen molar-refractivity contribution in [2.45, 2.75) is 30.9 Å². The third kappa shape index (κ3) is 7.45. The highest BCUT2D eigenvalue weighted by Crippen LogP contribution is 2.42. The summed E-state index contributed by atoms with van der Waals surface area (Å²) < 4.78 is 18.6. The fourth-order valence-corrected chi connectivity index (χ4v) is 5.39. The Kier molecular flexibility index (Phi) is 10.1. The maximum Gasteiger partial charge on any atom is 0.252 e. The zero-order valence-corrected chi connectivity index (χ0v) is 25.6. The third-order valence-corrected chi connectivity index (χ3v) is 7.88. The van der Waals surface area contributed by atoms with Gasteiger partial charge in [0.2, 0.25) is 5.90 Å². The van der Waals surface area contributed by atoms with Gasteiger partial charge in [-0.15, -0.1) is 0 Å². The first kappa shape index (κ1) is 30.3. The molecule has 1 aliphatic heterocycles. The van der Waals surface area contributed by atoms with E-state index >= 15 is 0 Å². The van der Waals surface area contributed by atoms with Gasteiger partial charge in [-0.25, -0.2) is 4.99 Å². The van der Waals surface area contributed by atoms with Crippen LogP contribution in [0.25, 0.3) is 0 Å². The molecular weight excluding hydrogens is 608 g/mol. The van der Waals surface area contributed by atoms with Crippen LogP contribution in [0.2, 0.25) is 0 Å². The standard InChI is InChI=1S/C35H35BrN2O5/c1-41-31-10-5-7-25(23-31)19-20-37-34(40)35(24-26-11-15-29(36)16-12-26)32(27-8-3-2-4-9-27)43-33(38-35)28-13-17-30(18-14-28)42-22-6-21-39/h2-5,7-18,23,32,39H,6,19-22,24H2,1H3,(H,37,40)/t32-,35-/m1/s1. The lowest BCUT2D eigenvalue weighted by Gasteiger charge is -2.31. The maximum absolute atomic E-state index is 14.3. The summed E-state index contributed by atoms with van der Waals surface area (Å²) >= 11 is 3.52. The number of ether oxygens (including phenoxy) is 3. The number of amides is 1. The van der Waals surface area contributed by atoms with Crippen LogP contribution in [0.4, 0.5) is 0 Å². The van der Waals surface area contributed by atoms with E-state index in [1.165, 1.54) is 0 Å². The number of nitrogens with one attached hydrogen (secondary N) is 1. The van der Waals surface area contributed by atoms with Gasteiger partial charge >= 0.3 is 0 Å². The lowest BCUT2D eigenvalue weighted by atomic mass is 9.82. The summed E-state index contributed by atoms with van der Waals surface area (Å²) in [5.74, 6) is 1.66. The largest absolute Gasteiger partial charge is 0.497 e. The Labute approximate surface area is 260 Å². The molecule has 0 unspecified atom stereocenters. The van der Waals surface area contributed by atoms with E-state index in [2.05, 4.69) is 21.2 Å². The molecule has 0 saturated carbocycles. The van der Waals surface area contributed by atoms with Crippen molar-refractivity contribution in [3.8, 4) is 11.5 Å². The minimum Gasteiger partial charge on any atom is -0.497 e. The maximum atomic E-state index is 14.3. The van der Waals surface area contributed by atoms with E-state index in [0.29, 0.717) is 44.1 Å². The normalized spacial score (nSPS) is 17.6. The number of halogens is 1. The molecule has 1 heterocycles. The lowest BCUT2D eigenvalue weighted by Crippen LogP contribution is -2.50. The Morgan fingerprint density at radius 2 is 1.72 bits per heavy atom. The molecule has 43 heavy (non-hydrogen) atoms. The van der Waals surface area contributed by atoms with Gasteiger partial charge in [0, 0.05) is 36.0 Å². The molecule has 0 bridgehead atoms. The van der Waals surface area contributed by atoms with Gasteiger partial charge in [-0.1, -0.05) is 70.5 Å². The summed E-state index contributed by atoms with van der Waals surface area (Å²) in [5.41, 5.74) is 2.39. The predicted molar refractivity (Wildman–Crippen MR) is 171 cm³/mol. The van der Waals surface area contributed by atoms with E-state index in [1.807, 2.05) is 103 Å². The Morgan fingerprint density at radius 1 is 0.953 bits per heavy atom. The number of carbonyl (C=O) groups is 1. The van der Waals surface area contributed by atoms with Crippen molar-refractivity contribution in [1.29, 1.82) is 0 Å². The second kappa shape index (κ2) is 14.4. The van der Waals surface area contributed by atoms with Crippen molar-refractivity contribution >= 4 is 27.7 Å². The molecule has 2 atom stereocenters. The molecule has 0 aromatic heterocycles. The highest BCUT2D eigenvalue weighted by Gasteiger charge is 2.53. The minimum atomic E-state index is -1.25. The molecule has 8 heteroatoms. The average molecular weight is 644 g/mol. The van der Waals surface area contributed by atoms with Gasteiger partial charge in [0.25, 0.3) is 5.91 Å². The lowest BCUT2D eigenvalue weighted by molar-refractivity contribution is -0.128. The molecule has 222 valence electrons. The first-order valence-electron chi connectivity index (χ1n) is 14.3. The van der Waals surface area contributed by atoms with E-state index in [4.69, 9.17) is 24.3 Å². The molecule has 0 spiro atoms. The van der Waals surface area contributed by atoms with Crippen molar-refractivity contribution < 1.29 is 24.1 Å². The number of hydrogen-bond acceptors (Lipinski definition) is 6. The average Bonchev–Trinajstić information content (AvgIpc) is 3.43. The number of aliphatic imine (C=N–C) groups is 1. The summed E-state index contributed by atoms with van der Waals surface area (Å²) in [6.45, 7) is 0.932. The van der Waals surface area contributed by atoms with Crippen LogP contribution in [0.5, 0.6) is 11.5 Å². The quantitative estimate of drug-likeness (QED) is 0.173. The fourth-order valence-electron chi connectivity index (χ4n) is 5.12. The van der Waals surface area contributed by atoms with Crippen molar-refractivity contribution in [2.75, 3.05) is 26.9 Å². The van der Waals surface area contributed by atoms with Crippen LogP contribution in [0.3, 0.4) is 0 Å². The zero-order chi connectivity index (χ0) is 30.1. The number of benzene rings is 4. The van der Waals surface area contributed by atoms with Crippen LogP contribution in [0.15, 0.2) is 113 Å². The molecule has 1 aliphatic rings. The first-order chi connectivity index (χ1) is 21.0. The van der Waals surface area contributed by atoms with Gasteiger partial charge in [0.1, 0.15) is 11.5 Å². The SMILES string of the molecule is COc1cccc(CCNC(=O)[C@]2(Cc3ccc(Br)cc3)N=C(c3ccc(OCCCO)cc3)O[C@@H]2c2ccccc2)c1. The summed E-state index contributed by atoms with van der Waals surface area (Å²) in [6, 6.07) is 33.0. The third-order valence-electron chi connectivity index (χ3n) is 7.35. The monoisotopic (exact) mass is 642 g/mol. The van der Waals surface area contributed by atoms with Gasteiger partial charge in [-0.05, 0) is 71.6 Å². The molecule has 0 saturated heterocycles. The zero-order valence-electron chi connectivity index (χ0n) is 24.0. The molecule has 4 aromatic rings. The highest BCUT2D eigenvalue weighted by atomic mass is 79.9. The van der Waals surface area contributed by atoms with Crippen LogP contribution in [-0.4, -0.2) is 49.3 Å². The van der Waals surface area contributed by atoms with Gasteiger partial charge in [0.15, 0.2) is 11.6 Å². The van der Waals surface area contributed by atoms with E-state index in [0.717, 1.165) is 32.5 Å². The second-order valence-electron chi connectivity index (χ2n) is 10.4. The van der Waals surface area contributed by atoms with E-state index in [1.54, 1.807) is 7.11 Å². The fraction of sp³-hybridized carbons (Fsp3) is 0.257. The van der Waals surface area contributed by atoms with Gasteiger partial charge in [0.05, 0.1) is 13.7 Å². The number of rotatable bonds is 13. The Balaban J connectivity index is 1.48. The minimum absolute atomic E-state index is 0.0751. The Hall–Kier alpha value is -4.14.